The summed E-state index contributed by atoms with van der Waals surface area (Å²) in [4.78, 5) is 42.4. The van der Waals surface area contributed by atoms with Crippen LogP contribution >= 0.6 is 0 Å². The number of aryl methyl sites for hydroxylation is 1. The fourth-order valence-electron chi connectivity index (χ4n) is 5.04. The van der Waals surface area contributed by atoms with Crippen LogP contribution in [0.1, 0.15) is 47.3 Å². The maximum atomic E-state index is 14.2. The van der Waals surface area contributed by atoms with E-state index in [0.29, 0.717) is 41.0 Å². The number of carbonyl (C=O) groups excluding carboxylic acids is 3. The molecule has 5 rings (SSSR count). The molecule has 0 unspecified atom stereocenters. The summed E-state index contributed by atoms with van der Waals surface area (Å²) in [6.45, 7) is 4.19. The summed E-state index contributed by atoms with van der Waals surface area (Å²) in [5, 5.41) is 11.4. The van der Waals surface area contributed by atoms with E-state index < -0.39 is 11.9 Å². The van der Waals surface area contributed by atoms with Crippen LogP contribution in [0.15, 0.2) is 72.8 Å². The Labute approximate surface area is 226 Å². The molecule has 2 amide bonds. The van der Waals surface area contributed by atoms with Crippen molar-refractivity contribution in [3.05, 3.63) is 89.5 Å². The van der Waals surface area contributed by atoms with E-state index in [0.717, 1.165) is 18.4 Å². The highest BCUT2D eigenvalue weighted by Gasteiger charge is 2.36. The number of hydrogen-bond donors (Lipinski definition) is 1. The zero-order valence-electron chi connectivity index (χ0n) is 22.0. The van der Waals surface area contributed by atoms with E-state index >= 15 is 0 Å². The minimum absolute atomic E-state index is 0.0679. The van der Waals surface area contributed by atoms with Gasteiger partial charge in [-0.15, -0.1) is 5.10 Å². The lowest BCUT2D eigenvalue weighted by molar-refractivity contribution is -0.127. The van der Waals surface area contributed by atoms with Gasteiger partial charge in [0.15, 0.2) is 5.78 Å². The van der Waals surface area contributed by atoms with Crippen LogP contribution in [0.4, 0.5) is 5.69 Å². The van der Waals surface area contributed by atoms with Gasteiger partial charge in [0.2, 0.25) is 11.8 Å². The fourth-order valence-corrected chi connectivity index (χ4v) is 5.04. The summed E-state index contributed by atoms with van der Waals surface area (Å²) >= 11 is 0. The Morgan fingerprint density at radius 1 is 1.05 bits per heavy atom. The number of aromatic nitrogens is 3. The number of nitrogens with one attached hydrogen (secondary N) is 1. The normalized spacial score (nSPS) is 15.7. The van der Waals surface area contributed by atoms with Crippen molar-refractivity contribution in [1.82, 2.24) is 20.3 Å². The highest BCUT2D eigenvalue weighted by atomic mass is 16.5. The number of para-hydroxylation sites is 2. The van der Waals surface area contributed by atoms with Crippen LogP contribution in [-0.4, -0.2) is 51.8 Å². The number of fused-ring (bicyclic) bond motifs is 1. The lowest BCUT2D eigenvalue weighted by Crippen LogP contribution is -2.47. The third-order valence-corrected chi connectivity index (χ3v) is 7.03. The van der Waals surface area contributed by atoms with Gasteiger partial charge >= 0.3 is 0 Å². The molecular formula is C30H31N5O4. The van der Waals surface area contributed by atoms with Crippen LogP contribution in [-0.2, 0) is 20.9 Å². The molecule has 1 aromatic heterocycles. The van der Waals surface area contributed by atoms with Crippen LogP contribution in [0.5, 0.6) is 0 Å². The minimum atomic E-state index is -1.03. The summed E-state index contributed by atoms with van der Waals surface area (Å²) < 4.78 is 7.22. The van der Waals surface area contributed by atoms with Crippen LogP contribution in [0.25, 0.3) is 11.0 Å². The Bertz CT molecular complexity index is 1510. The number of anilines is 1. The second-order valence-electron chi connectivity index (χ2n) is 9.71. The number of carbonyl (C=O) groups is 3. The molecule has 200 valence electrons. The molecule has 2 heterocycles. The standard InChI is InChI=1S/C30H31N5O4/c1-20-10-3-4-12-23(20)29(30(38)31-18-22-11-9-17-39-22)35(26-15-7-5-13-24(26)21(2)36)28(37)19-34-27-16-8-6-14-25(27)32-33-34/h3-8,10,12-16,22,29H,9,11,17-19H2,1-2H3,(H,31,38)/t22-,29-/m1/s1. The van der Waals surface area contributed by atoms with E-state index in [4.69, 9.17) is 4.74 Å². The van der Waals surface area contributed by atoms with Gasteiger partial charge in [0.05, 0.1) is 17.3 Å². The van der Waals surface area contributed by atoms with Crippen molar-refractivity contribution in [3.63, 3.8) is 0 Å². The van der Waals surface area contributed by atoms with Crippen molar-refractivity contribution in [1.29, 1.82) is 0 Å². The Morgan fingerprint density at radius 3 is 2.56 bits per heavy atom. The maximum Gasteiger partial charge on any atom is 0.249 e. The molecule has 0 radical (unpaired) electrons. The molecule has 1 aliphatic rings. The number of hydrogen-bond acceptors (Lipinski definition) is 6. The highest BCUT2D eigenvalue weighted by molar-refractivity contribution is 6.08. The Balaban J connectivity index is 1.60. The van der Waals surface area contributed by atoms with Crippen LogP contribution in [0, 0.1) is 6.92 Å². The first-order chi connectivity index (χ1) is 18.9. The van der Waals surface area contributed by atoms with Crippen LogP contribution in [0.2, 0.25) is 0 Å². The molecule has 4 aromatic rings. The SMILES string of the molecule is CC(=O)c1ccccc1N(C(=O)Cn1nnc2ccccc21)[C@@H](C(=O)NC[C@H]1CCCO1)c1ccccc1C. The zero-order valence-corrected chi connectivity index (χ0v) is 22.0. The van der Waals surface area contributed by atoms with Gasteiger partial charge in [0.1, 0.15) is 18.1 Å². The molecule has 0 bridgehead atoms. The number of nitrogens with zero attached hydrogens (tertiary/aromatic N) is 4. The lowest BCUT2D eigenvalue weighted by Gasteiger charge is -2.33. The van der Waals surface area contributed by atoms with Crippen molar-refractivity contribution >= 4 is 34.3 Å². The summed E-state index contributed by atoms with van der Waals surface area (Å²) in [7, 11) is 0. The first kappa shape index (κ1) is 26.2. The first-order valence-corrected chi connectivity index (χ1v) is 13.1. The summed E-state index contributed by atoms with van der Waals surface area (Å²) in [6, 6.07) is 20.7. The number of ketones is 1. The van der Waals surface area contributed by atoms with Gasteiger partial charge in [-0.3, -0.25) is 19.3 Å². The van der Waals surface area contributed by atoms with Gasteiger partial charge in [-0.05, 0) is 62.1 Å². The summed E-state index contributed by atoms with van der Waals surface area (Å²) in [5.41, 5.74) is 3.57. The molecule has 2 atom stereocenters. The van der Waals surface area contributed by atoms with E-state index in [-0.39, 0.29) is 24.3 Å². The third kappa shape index (κ3) is 5.58. The molecule has 1 fully saturated rings. The smallest absolute Gasteiger partial charge is 0.249 e. The van der Waals surface area contributed by atoms with Crippen molar-refractivity contribution in [2.75, 3.05) is 18.1 Å². The van der Waals surface area contributed by atoms with Crippen LogP contribution < -0.4 is 10.2 Å². The van der Waals surface area contributed by atoms with Crippen molar-refractivity contribution in [2.45, 2.75) is 45.4 Å². The van der Waals surface area contributed by atoms with Crippen molar-refractivity contribution in [3.8, 4) is 0 Å². The number of rotatable bonds is 9. The molecule has 3 aromatic carbocycles. The van der Waals surface area contributed by atoms with Gasteiger partial charge < -0.3 is 10.1 Å². The Morgan fingerprint density at radius 2 is 1.79 bits per heavy atom. The predicted molar refractivity (Wildman–Crippen MR) is 147 cm³/mol. The second kappa shape index (κ2) is 11.6. The largest absolute Gasteiger partial charge is 0.376 e. The minimum Gasteiger partial charge on any atom is -0.376 e. The quantitative estimate of drug-likeness (QED) is 0.331. The number of Topliss-reactive ketones (excluding diaryl/α,β-unsaturated/α-hetero) is 1. The molecule has 9 nitrogen and oxygen atoms in total. The summed E-state index contributed by atoms with van der Waals surface area (Å²) in [6.07, 6.45) is 1.75. The number of ether oxygens (including phenoxy) is 1. The van der Waals surface area contributed by atoms with E-state index in [1.54, 1.807) is 24.3 Å². The van der Waals surface area contributed by atoms with Gasteiger partial charge in [0, 0.05) is 18.7 Å². The topological polar surface area (TPSA) is 106 Å². The van der Waals surface area contributed by atoms with Crippen LogP contribution in [0.3, 0.4) is 0 Å². The molecule has 0 spiro atoms. The average molecular weight is 526 g/mol. The molecule has 9 heteroatoms. The van der Waals surface area contributed by atoms with Crippen molar-refractivity contribution in [2.24, 2.45) is 0 Å². The lowest BCUT2D eigenvalue weighted by atomic mass is 9.96. The molecular weight excluding hydrogens is 494 g/mol. The van der Waals surface area contributed by atoms with E-state index in [1.165, 1.54) is 16.5 Å². The maximum absolute atomic E-state index is 14.2. The zero-order chi connectivity index (χ0) is 27.4. The number of benzene rings is 3. The molecule has 39 heavy (non-hydrogen) atoms. The van der Waals surface area contributed by atoms with E-state index in [2.05, 4.69) is 15.6 Å². The van der Waals surface area contributed by atoms with Gasteiger partial charge in [0.25, 0.3) is 0 Å². The van der Waals surface area contributed by atoms with Gasteiger partial charge in [-0.1, -0.05) is 53.7 Å². The Hall–Kier alpha value is -4.37. The molecule has 1 N–H and O–H groups in total. The van der Waals surface area contributed by atoms with Gasteiger partial charge in [-0.25, -0.2) is 4.68 Å². The van der Waals surface area contributed by atoms with E-state index in [1.807, 2.05) is 55.5 Å². The monoisotopic (exact) mass is 525 g/mol. The molecule has 0 aliphatic carbocycles. The molecule has 1 aliphatic heterocycles. The molecule has 0 saturated carbocycles. The first-order valence-electron chi connectivity index (χ1n) is 13.1. The van der Waals surface area contributed by atoms with E-state index in [9.17, 15) is 14.4 Å². The molecule has 1 saturated heterocycles. The Kier molecular flexibility index (Phi) is 7.79. The average Bonchev–Trinajstić information content (AvgIpc) is 3.61. The van der Waals surface area contributed by atoms with Crippen molar-refractivity contribution < 1.29 is 19.1 Å². The number of amides is 2. The predicted octanol–water partition coefficient (Wildman–Crippen LogP) is 4.01. The summed E-state index contributed by atoms with van der Waals surface area (Å²) in [5.74, 6) is -0.965. The van der Waals surface area contributed by atoms with Gasteiger partial charge in [-0.2, -0.15) is 0 Å². The third-order valence-electron chi connectivity index (χ3n) is 7.03. The second-order valence-corrected chi connectivity index (χ2v) is 9.71. The highest BCUT2D eigenvalue weighted by Crippen LogP contribution is 2.33. The fraction of sp³-hybridized carbons (Fsp3) is 0.300.